The Kier molecular flexibility index (Phi) is 5.97. The molecule has 1 aliphatic carbocycles. The molecule has 1 fully saturated rings. The molecule has 2 aliphatic rings. The van der Waals surface area contributed by atoms with Crippen molar-refractivity contribution in [1.82, 2.24) is 15.0 Å². The van der Waals surface area contributed by atoms with Gasteiger partial charge in [0.15, 0.2) is 5.82 Å². The summed E-state index contributed by atoms with van der Waals surface area (Å²) in [6.45, 7) is 1.22. The Hall–Kier alpha value is -3.07. The summed E-state index contributed by atoms with van der Waals surface area (Å²) in [5, 5.41) is 10.0. The fourth-order valence-electron chi connectivity index (χ4n) is 5.20. The molecule has 2 aromatic heterocycles. The summed E-state index contributed by atoms with van der Waals surface area (Å²) in [5.74, 6) is 0.0538. The van der Waals surface area contributed by atoms with Crippen LogP contribution in [0, 0.1) is 5.41 Å². The van der Waals surface area contributed by atoms with E-state index in [-0.39, 0.29) is 40.2 Å². The molecular formula is C25H26ClFN6O. The third-order valence-corrected chi connectivity index (χ3v) is 7.49. The third kappa shape index (κ3) is 3.91. The van der Waals surface area contributed by atoms with Crippen LogP contribution in [0.3, 0.4) is 0 Å². The number of nitrogens with zero attached hydrogens (tertiary/aromatic N) is 4. The predicted octanol–water partition coefficient (Wildman–Crippen LogP) is 3.91. The normalized spacial score (nSPS) is 19.5. The number of nitrogens with two attached hydrogens (primary N) is 2. The van der Waals surface area contributed by atoms with Crippen molar-refractivity contribution in [3.8, 4) is 0 Å². The lowest BCUT2D eigenvalue weighted by atomic mass is 9.73. The van der Waals surface area contributed by atoms with E-state index in [2.05, 4.69) is 38.1 Å². The maximum absolute atomic E-state index is 14.8. The summed E-state index contributed by atoms with van der Waals surface area (Å²) in [6.07, 6.45) is 6.93. The quantitative estimate of drug-likeness (QED) is 0.518. The SMILES string of the molecule is Nc1nccc(C(F)=Cc2cnc(N3CCC4(CC3)Cc3ccccc3C4N)c(CO)n2)c1Cl. The summed E-state index contributed by atoms with van der Waals surface area (Å²) in [5.41, 5.74) is 15.8. The highest BCUT2D eigenvalue weighted by Gasteiger charge is 2.46. The van der Waals surface area contributed by atoms with Gasteiger partial charge in [-0.1, -0.05) is 35.9 Å². The molecule has 34 heavy (non-hydrogen) atoms. The molecule has 7 nitrogen and oxygen atoms in total. The molecule has 0 saturated carbocycles. The summed E-state index contributed by atoms with van der Waals surface area (Å²) in [6, 6.07) is 9.89. The van der Waals surface area contributed by atoms with Gasteiger partial charge in [0.1, 0.15) is 17.3 Å². The van der Waals surface area contributed by atoms with Gasteiger partial charge in [0.25, 0.3) is 0 Å². The number of pyridine rings is 1. The Morgan fingerprint density at radius 3 is 2.74 bits per heavy atom. The fraction of sp³-hybridized carbons (Fsp3) is 0.320. The molecule has 3 aromatic rings. The molecule has 176 valence electrons. The molecule has 1 aromatic carbocycles. The van der Waals surface area contributed by atoms with Gasteiger partial charge in [0, 0.05) is 37.0 Å². The molecule has 1 unspecified atom stereocenters. The smallest absolute Gasteiger partial charge is 0.152 e. The van der Waals surface area contributed by atoms with Crippen LogP contribution in [0.15, 0.2) is 42.7 Å². The van der Waals surface area contributed by atoms with Crippen molar-refractivity contribution in [3.63, 3.8) is 0 Å². The van der Waals surface area contributed by atoms with Gasteiger partial charge >= 0.3 is 0 Å². The molecule has 5 N–H and O–H groups in total. The Bertz CT molecular complexity index is 1260. The van der Waals surface area contributed by atoms with Crippen LogP contribution in [-0.4, -0.2) is 33.1 Å². The van der Waals surface area contributed by atoms with Crippen LogP contribution in [0.5, 0.6) is 0 Å². The Morgan fingerprint density at radius 2 is 2.00 bits per heavy atom. The molecule has 0 radical (unpaired) electrons. The van der Waals surface area contributed by atoms with E-state index < -0.39 is 5.83 Å². The number of anilines is 2. The van der Waals surface area contributed by atoms with Crippen molar-refractivity contribution in [2.45, 2.75) is 31.9 Å². The molecule has 1 aliphatic heterocycles. The second-order valence-electron chi connectivity index (χ2n) is 8.98. The van der Waals surface area contributed by atoms with E-state index in [1.165, 1.54) is 35.7 Å². The molecule has 9 heteroatoms. The molecule has 1 atom stereocenters. The fourth-order valence-corrected chi connectivity index (χ4v) is 5.40. The topological polar surface area (TPSA) is 114 Å². The van der Waals surface area contributed by atoms with Crippen molar-refractivity contribution in [2.24, 2.45) is 11.1 Å². The highest BCUT2D eigenvalue weighted by atomic mass is 35.5. The summed E-state index contributed by atoms with van der Waals surface area (Å²) >= 11 is 6.07. The van der Waals surface area contributed by atoms with Gasteiger partial charge in [0.2, 0.25) is 0 Å². The lowest BCUT2D eigenvalue weighted by molar-refractivity contribution is 0.186. The van der Waals surface area contributed by atoms with Gasteiger partial charge < -0.3 is 21.5 Å². The highest BCUT2D eigenvalue weighted by molar-refractivity contribution is 6.34. The third-order valence-electron chi connectivity index (χ3n) is 7.09. The van der Waals surface area contributed by atoms with E-state index >= 15 is 0 Å². The monoisotopic (exact) mass is 480 g/mol. The van der Waals surface area contributed by atoms with Crippen molar-refractivity contribution >= 4 is 35.1 Å². The second-order valence-corrected chi connectivity index (χ2v) is 9.35. The predicted molar refractivity (Wildman–Crippen MR) is 132 cm³/mol. The van der Waals surface area contributed by atoms with Crippen molar-refractivity contribution in [1.29, 1.82) is 0 Å². The minimum absolute atomic E-state index is 0.0267. The van der Waals surface area contributed by atoms with E-state index in [9.17, 15) is 9.50 Å². The number of piperidine rings is 1. The van der Waals surface area contributed by atoms with Crippen LogP contribution in [0.1, 0.15) is 47.0 Å². The maximum Gasteiger partial charge on any atom is 0.152 e. The Labute approximate surface area is 202 Å². The molecule has 5 rings (SSSR count). The lowest BCUT2D eigenvalue weighted by Crippen LogP contribution is -2.45. The van der Waals surface area contributed by atoms with Gasteiger partial charge in [-0.3, -0.25) is 0 Å². The van der Waals surface area contributed by atoms with Crippen molar-refractivity contribution in [3.05, 3.63) is 75.8 Å². The second kappa shape index (κ2) is 8.94. The van der Waals surface area contributed by atoms with E-state index in [0.717, 1.165) is 32.4 Å². The lowest BCUT2D eigenvalue weighted by Gasteiger charge is -2.42. The van der Waals surface area contributed by atoms with Crippen LogP contribution in [-0.2, 0) is 13.0 Å². The molecular weight excluding hydrogens is 455 g/mol. The number of halogens is 2. The van der Waals surface area contributed by atoms with Crippen molar-refractivity contribution < 1.29 is 9.50 Å². The number of aromatic nitrogens is 3. The standard InChI is InChI=1S/C25H26ClFN6O/c26-21-18(5-8-30-23(21)29)19(27)11-16-13-31-24(20(14-34)32-16)33-9-6-25(7-10-33)12-15-3-1-2-4-17(15)22(25)28/h1-5,8,11,13,22,34H,6-7,9-10,12,14,28H2,(H2,29,30). The number of rotatable bonds is 4. The zero-order valence-electron chi connectivity index (χ0n) is 18.6. The first kappa shape index (κ1) is 22.7. The minimum atomic E-state index is -0.611. The molecule has 0 bridgehead atoms. The zero-order chi connectivity index (χ0) is 23.9. The highest BCUT2D eigenvalue weighted by Crippen LogP contribution is 2.51. The minimum Gasteiger partial charge on any atom is -0.390 e. The van der Waals surface area contributed by atoms with E-state index in [4.69, 9.17) is 23.1 Å². The Balaban J connectivity index is 1.34. The number of fused-ring (bicyclic) bond motifs is 1. The van der Waals surface area contributed by atoms with Gasteiger partial charge in [-0.2, -0.15) is 0 Å². The van der Waals surface area contributed by atoms with E-state index in [0.29, 0.717) is 11.5 Å². The number of aliphatic hydroxyl groups excluding tert-OH is 1. The van der Waals surface area contributed by atoms with Crippen LogP contribution in [0.4, 0.5) is 16.0 Å². The first-order valence-electron chi connectivity index (χ1n) is 11.2. The summed E-state index contributed by atoms with van der Waals surface area (Å²) in [4.78, 5) is 14.9. The number of aliphatic hydroxyl groups is 1. The molecule has 3 heterocycles. The van der Waals surface area contributed by atoms with Gasteiger partial charge in [0.05, 0.1) is 23.5 Å². The van der Waals surface area contributed by atoms with E-state index in [1.54, 1.807) is 0 Å². The number of hydrogen-bond donors (Lipinski definition) is 3. The molecule has 1 spiro atoms. The first-order valence-corrected chi connectivity index (χ1v) is 11.6. The average Bonchev–Trinajstić information content (AvgIpc) is 3.12. The van der Waals surface area contributed by atoms with Crippen LogP contribution in [0.2, 0.25) is 5.02 Å². The van der Waals surface area contributed by atoms with Crippen molar-refractivity contribution in [2.75, 3.05) is 23.7 Å². The molecule has 0 amide bonds. The van der Waals surface area contributed by atoms with Crippen LogP contribution in [0.25, 0.3) is 11.9 Å². The number of hydrogen-bond acceptors (Lipinski definition) is 7. The van der Waals surface area contributed by atoms with Crippen LogP contribution >= 0.6 is 11.6 Å². The number of benzene rings is 1. The summed E-state index contributed by atoms with van der Waals surface area (Å²) in [7, 11) is 0. The maximum atomic E-state index is 14.8. The van der Waals surface area contributed by atoms with Crippen LogP contribution < -0.4 is 16.4 Å². The molecule has 1 saturated heterocycles. The van der Waals surface area contributed by atoms with E-state index in [1.807, 2.05) is 6.07 Å². The zero-order valence-corrected chi connectivity index (χ0v) is 19.3. The average molecular weight is 481 g/mol. The van der Waals surface area contributed by atoms with Gasteiger partial charge in [-0.25, -0.2) is 19.3 Å². The van der Waals surface area contributed by atoms with Gasteiger partial charge in [-0.15, -0.1) is 0 Å². The Morgan fingerprint density at radius 1 is 1.24 bits per heavy atom. The largest absolute Gasteiger partial charge is 0.390 e. The summed E-state index contributed by atoms with van der Waals surface area (Å²) < 4.78 is 14.8. The first-order chi connectivity index (χ1) is 16.4. The number of nitrogen functional groups attached to an aromatic ring is 1. The van der Waals surface area contributed by atoms with Gasteiger partial charge in [-0.05, 0) is 41.9 Å².